The SMILES string of the molecule is Cc1cc(C(N)=O)c(F)cc1Nc1ncc2c(n1)n(C1CCC(C#N)CC1)c(=O)n2C. The van der Waals surface area contributed by atoms with Gasteiger partial charge in [-0.05, 0) is 50.3 Å². The predicted molar refractivity (Wildman–Crippen MR) is 112 cm³/mol. The van der Waals surface area contributed by atoms with Crippen LogP contribution in [0.5, 0.6) is 0 Å². The number of benzene rings is 1. The summed E-state index contributed by atoms with van der Waals surface area (Å²) in [4.78, 5) is 33.0. The number of amides is 1. The van der Waals surface area contributed by atoms with E-state index in [-0.39, 0.29) is 29.2 Å². The summed E-state index contributed by atoms with van der Waals surface area (Å²) in [5.74, 6) is -1.36. The molecule has 3 N–H and O–H groups in total. The van der Waals surface area contributed by atoms with Crippen LogP contribution < -0.4 is 16.7 Å². The van der Waals surface area contributed by atoms with Crippen LogP contribution in [-0.4, -0.2) is 25.0 Å². The molecule has 10 heteroatoms. The van der Waals surface area contributed by atoms with E-state index in [1.54, 1.807) is 24.7 Å². The third-order valence-electron chi connectivity index (χ3n) is 5.90. The Hall–Kier alpha value is -3.74. The van der Waals surface area contributed by atoms with E-state index in [1.807, 2.05) is 0 Å². The average Bonchev–Trinajstić information content (AvgIpc) is 3.00. The van der Waals surface area contributed by atoms with E-state index < -0.39 is 11.7 Å². The van der Waals surface area contributed by atoms with Crippen molar-refractivity contribution in [3.8, 4) is 6.07 Å². The molecule has 1 aliphatic rings. The van der Waals surface area contributed by atoms with Crippen LogP contribution in [0.3, 0.4) is 0 Å². The number of carbonyl (C=O) groups is 1. The Kier molecular flexibility index (Phi) is 5.19. The maximum absolute atomic E-state index is 14.2. The summed E-state index contributed by atoms with van der Waals surface area (Å²) in [6.07, 6.45) is 4.48. The monoisotopic (exact) mass is 423 g/mol. The van der Waals surface area contributed by atoms with Gasteiger partial charge in [0.2, 0.25) is 5.95 Å². The number of nitrogens with one attached hydrogen (secondary N) is 1. The summed E-state index contributed by atoms with van der Waals surface area (Å²) in [6, 6.07) is 4.79. The fourth-order valence-corrected chi connectivity index (χ4v) is 4.11. The number of nitrogens with two attached hydrogens (primary N) is 1. The van der Waals surface area contributed by atoms with Crippen LogP contribution in [0.1, 0.15) is 47.6 Å². The number of anilines is 2. The first-order valence-corrected chi connectivity index (χ1v) is 10.0. The topological polar surface area (TPSA) is 132 Å². The standard InChI is InChI=1S/C21H22FN7O2/c1-11-7-14(18(24)30)15(22)8-16(11)26-20-25-10-17-19(27-20)29(21(31)28(17)2)13-5-3-12(9-23)4-6-13/h7-8,10,12-13H,3-6H2,1-2H3,(H2,24,30)(H,25,26,27). The normalized spacial score (nSPS) is 18.6. The number of aryl methyl sites for hydroxylation is 2. The lowest BCUT2D eigenvalue weighted by Gasteiger charge is -2.25. The molecule has 3 aromatic rings. The first-order chi connectivity index (χ1) is 14.8. The molecule has 2 aromatic heterocycles. The number of halogens is 1. The van der Waals surface area contributed by atoms with Gasteiger partial charge in [-0.1, -0.05) is 0 Å². The maximum atomic E-state index is 14.2. The van der Waals surface area contributed by atoms with Gasteiger partial charge in [-0.3, -0.25) is 13.9 Å². The molecule has 0 spiro atoms. The van der Waals surface area contributed by atoms with Crippen LogP contribution in [0.25, 0.3) is 11.2 Å². The number of primary amides is 1. The summed E-state index contributed by atoms with van der Waals surface area (Å²) < 4.78 is 17.4. The number of fused-ring (bicyclic) bond motifs is 1. The second-order valence-corrected chi connectivity index (χ2v) is 7.88. The van der Waals surface area contributed by atoms with Crippen molar-refractivity contribution in [2.45, 2.75) is 38.6 Å². The molecular formula is C21H22FN7O2. The third-order valence-corrected chi connectivity index (χ3v) is 5.90. The lowest BCUT2D eigenvalue weighted by Crippen LogP contribution is -2.28. The van der Waals surface area contributed by atoms with E-state index in [9.17, 15) is 14.0 Å². The Morgan fingerprint density at radius 1 is 1.32 bits per heavy atom. The minimum Gasteiger partial charge on any atom is -0.366 e. The summed E-state index contributed by atoms with van der Waals surface area (Å²) in [5.41, 5.74) is 6.88. The van der Waals surface area contributed by atoms with Gasteiger partial charge in [-0.2, -0.15) is 10.2 Å². The molecule has 4 rings (SSSR count). The van der Waals surface area contributed by atoms with Crippen molar-refractivity contribution in [2.24, 2.45) is 18.7 Å². The van der Waals surface area contributed by atoms with E-state index >= 15 is 0 Å². The van der Waals surface area contributed by atoms with Crippen LogP contribution in [0.4, 0.5) is 16.0 Å². The van der Waals surface area contributed by atoms with E-state index in [0.29, 0.717) is 22.4 Å². The van der Waals surface area contributed by atoms with Gasteiger partial charge in [0, 0.05) is 24.7 Å². The van der Waals surface area contributed by atoms with Gasteiger partial charge < -0.3 is 11.1 Å². The van der Waals surface area contributed by atoms with Crippen molar-refractivity contribution in [2.75, 3.05) is 5.32 Å². The van der Waals surface area contributed by atoms with Gasteiger partial charge >= 0.3 is 5.69 Å². The summed E-state index contributed by atoms with van der Waals surface area (Å²) in [5, 5.41) is 12.1. The van der Waals surface area contributed by atoms with Crippen LogP contribution in [0.15, 0.2) is 23.1 Å². The Balaban J connectivity index is 1.72. The van der Waals surface area contributed by atoms with Gasteiger partial charge in [-0.15, -0.1) is 0 Å². The molecule has 0 unspecified atom stereocenters. The van der Waals surface area contributed by atoms with Gasteiger partial charge in [0.15, 0.2) is 5.65 Å². The van der Waals surface area contributed by atoms with Crippen molar-refractivity contribution in [3.63, 3.8) is 0 Å². The molecule has 160 valence electrons. The Morgan fingerprint density at radius 2 is 2.03 bits per heavy atom. The highest BCUT2D eigenvalue weighted by Gasteiger charge is 2.26. The first kappa shape index (κ1) is 20.5. The summed E-state index contributed by atoms with van der Waals surface area (Å²) in [6.45, 7) is 1.71. The van der Waals surface area contributed by atoms with E-state index in [0.717, 1.165) is 25.7 Å². The number of rotatable bonds is 4. The van der Waals surface area contributed by atoms with E-state index in [2.05, 4.69) is 21.4 Å². The highest BCUT2D eigenvalue weighted by atomic mass is 19.1. The number of hydrogen-bond acceptors (Lipinski definition) is 6. The summed E-state index contributed by atoms with van der Waals surface area (Å²) >= 11 is 0. The molecule has 0 atom stereocenters. The van der Waals surface area contributed by atoms with Gasteiger partial charge in [0.25, 0.3) is 5.91 Å². The molecule has 0 bridgehead atoms. The number of aromatic nitrogens is 4. The Bertz CT molecular complexity index is 1280. The first-order valence-electron chi connectivity index (χ1n) is 10.0. The number of nitriles is 1. The molecule has 0 radical (unpaired) electrons. The molecule has 9 nitrogen and oxygen atoms in total. The minimum absolute atomic E-state index is 0.0232. The number of imidazole rings is 1. The maximum Gasteiger partial charge on any atom is 0.330 e. The predicted octanol–water partition coefficient (Wildman–Crippen LogP) is 2.67. The zero-order chi connectivity index (χ0) is 22.3. The molecule has 1 saturated carbocycles. The Morgan fingerprint density at radius 3 is 2.68 bits per heavy atom. The van der Waals surface area contributed by atoms with Gasteiger partial charge in [-0.25, -0.2) is 14.2 Å². The van der Waals surface area contributed by atoms with Crippen LogP contribution in [-0.2, 0) is 7.05 Å². The van der Waals surface area contributed by atoms with Gasteiger partial charge in [0.05, 0.1) is 17.8 Å². The van der Waals surface area contributed by atoms with Crippen molar-refractivity contribution < 1.29 is 9.18 Å². The molecule has 0 saturated heterocycles. The fourth-order valence-electron chi connectivity index (χ4n) is 4.11. The molecule has 31 heavy (non-hydrogen) atoms. The lowest BCUT2D eigenvalue weighted by atomic mass is 9.87. The van der Waals surface area contributed by atoms with Crippen LogP contribution >= 0.6 is 0 Å². The quantitative estimate of drug-likeness (QED) is 0.663. The largest absolute Gasteiger partial charge is 0.366 e. The molecule has 1 aliphatic carbocycles. The highest BCUT2D eigenvalue weighted by molar-refractivity contribution is 5.94. The fraction of sp³-hybridized carbons (Fsp3) is 0.381. The average molecular weight is 423 g/mol. The zero-order valence-electron chi connectivity index (χ0n) is 17.2. The van der Waals surface area contributed by atoms with Gasteiger partial charge in [0.1, 0.15) is 11.3 Å². The molecule has 1 aromatic carbocycles. The van der Waals surface area contributed by atoms with E-state index in [1.165, 1.54) is 16.7 Å². The Labute approximate surface area is 177 Å². The number of nitrogens with zero attached hydrogens (tertiary/aromatic N) is 5. The van der Waals surface area contributed by atoms with Crippen LogP contribution in [0.2, 0.25) is 0 Å². The zero-order valence-corrected chi connectivity index (χ0v) is 17.2. The molecule has 0 aliphatic heterocycles. The lowest BCUT2D eigenvalue weighted by molar-refractivity contribution is 0.0996. The van der Waals surface area contributed by atoms with Crippen molar-refractivity contribution in [1.82, 2.24) is 19.1 Å². The number of hydrogen-bond donors (Lipinski definition) is 2. The second kappa shape index (κ2) is 7.83. The van der Waals surface area contributed by atoms with E-state index in [4.69, 9.17) is 11.0 Å². The molecular weight excluding hydrogens is 401 g/mol. The third kappa shape index (κ3) is 3.63. The highest BCUT2D eigenvalue weighted by Crippen LogP contribution is 2.33. The van der Waals surface area contributed by atoms with Crippen LogP contribution in [0, 0.1) is 30.0 Å². The second-order valence-electron chi connectivity index (χ2n) is 7.88. The van der Waals surface area contributed by atoms with Crippen molar-refractivity contribution in [1.29, 1.82) is 5.26 Å². The number of carbonyl (C=O) groups excluding carboxylic acids is 1. The van der Waals surface area contributed by atoms with Crippen molar-refractivity contribution in [3.05, 3.63) is 45.8 Å². The molecule has 1 amide bonds. The molecule has 1 fully saturated rings. The van der Waals surface area contributed by atoms with Crippen molar-refractivity contribution >= 4 is 28.7 Å². The smallest absolute Gasteiger partial charge is 0.330 e. The summed E-state index contributed by atoms with van der Waals surface area (Å²) in [7, 11) is 1.67. The molecule has 2 heterocycles. The minimum atomic E-state index is -0.843.